The summed E-state index contributed by atoms with van der Waals surface area (Å²) in [6.07, 6.45) is -0.193. The zero-order valence-electron chi connectivity index (χ0n) is 9.50. The molecular formula is C11H11NO5S. The Labute approximate surface area is 106 Å². The molecule has 0 aliphatic carbocycles. The third-order valence-corrected chi connectivity index (χ3v) is 3.24. The second-order valence-corrected chi connectivity index (χ2v) is 4.69. The molecule has 7 heteroatoms. The van der Waals surface area contributed by atoms with Gasteiger partial charge in [0, 0.05) is 6.04 Å². The van der Waals surface area contributed by atoms with Gasteiger partial charge in [-0.25, -0.2) is 4.79 Å². The molecule has 1 unspecified atom stereocenters. The fraction of sp³-hybridized carbons (Fsp3) is 0.273. The minimum Gasteiger partial charge on any atom is -0.493 e. The van der Waals surface area contributed by atoms with Gasteiger partial charge in [-0.3, -0.25) is 4.79 Å². The molecule has 0 radical (unpaired) electrons. The molecule has 0 aliphatic heterocycles. The summed E-state index contributed by atoms with van der Waals surface area (Å²) in [5, 5.41) is 8.71. The van der Waals surface area contributed by atoms with Crippen molar-refractivity contribution < 1.29 is 19.1 Å². The zero-order valence-corrected chi connectivity index (χ0v) is 10.3. The summed E-state index contributed by atoms with van der Waals surface area (Å²) >= 11 is 0.927. The second kappa shape index (κ2) is 4.79. The van der Waals surface area contributed by atoms with Gasteiger partial charge in [0.1, 0.15) is 0 Å². The summed E-state index contributed by atoms with van der Waals surface area (Å²) in [5.74, 6) is -0.608. The van der Waals surface area contributed by atoms with Crippen LogP contribution in [0.1, 0.15) is 18.0 Å². The van der Waals surface area contributed by atoms with Gasteiger partial charge in [-0.15, -0.1) is 0 Å². The number of fused-ring (bicyclic) bond motifs is 1. The van der Waals surface area contributed by atoms with Crippen molar-refractivity contribution in [3.05, 3.63) is 27.4 Å². The van der Waals surface area contributed by atoms with Crippen LogP contribution in [-0.4, -0.2) is 18.2 Å². The molecule has 3 N–H and O–H groups in total. The van der Waals surface area contributed by atoms with Crippen molar-refractivity contribution in [2.45, 2.75) is 12.5 Å². The van der Waals surface area contributed by atoms with Crippen LogP contribution in [-0.2, 0) is 4.79 Å². The number of carboxylic acid groups (broad SMARTS) is 1. The van der Waals surface area contributed by atoms with Crippen LogP contribution in [0.2, 0.25) is 0 Å². The maximum Gasteiger partial charge on any atom is 0.396 e. The first kappa shape index (κ1) is 12.6. The van der Waals surface area contributed by atoms with Crippen LogP contribution < -0.4 is 15.4 Å². The Kier molecular flexibility index (Phi) is 3.35. The Hall–Kier alpha value is -1.86. The number of hydrogen-bond donors (Lipinski definition) is 2. The molecule has 1 aromatic carbocycles. The van der Waals surface area contributed by atoms with Crippen LogP contribution in [0.3, 0.4) is 0 Å². The first-order chi connectivity index (χ1) is 8.51. The minimum atomic E-state index is -0.984. The van der Waals surface area contributed by atoms with E-state index < -0.39 is 17.0 Å². The van der Waals surface area contributed by atoms with E-state index >= 15 is 0 Å². The summed E-state index contributed by atoms with van der Waals surface area (Å²) in [4.78, 5) is 21.4. The number of carbonyl (C=O) groups is 1. The molecule has 0 fully saturated rings. The smallest absolute Gasteiger partial charge is 0.396 e. The summed E-state index contributed by atoms with van der Waals surface area (Å²) in [5.41, 5.74) is 6.73. The Balaban J connectivity index is 2.52. The van der Waals surface area contributed by atoms with Crippen LogP contribution in [0.4, 0.5) is 0 Å². The van der Waals surface area contributed by atoms with Gasteiger partial charge in [0.2, 0.25) is 0 Å². The van der Waals surface area contributed by atoms with E-state index in [1.807, 2.05) is 0 Å². The predicted molar refractivity (Wildman–Crippen MR) is 66.1 cm³/mol. The highest BCUT2D eigenvalue weighted by atomic mass is 32.1. The molecule has 6 nitrogen and oxygen atoms in total. The molecule has 1 aromatic heterocycles. The van der Waals surface area contributed by atoms with E-state index in [4.69, 9.17) is 20.0 Å². The Bertz CT molecular complexity index is 644. The van der Waals surface area contributed by atoms with E-state index in [0.717, 1.165) is 11.3 Å². The third-order valence-electron chi connectivity index (χ3n) is 2.46. The standard InChI is InChI=1S/C11H11NO5S/c1-16-7-2-5(6(12)4-9(13)14)3-8-10(7)17-11(15)18-8/h2-3,6H,4,12H2,1H3,(H,13,14). The number of ether oxygens (including phenoxy) is 1. The summed E-state index contributed by atoms with van der Waals surface area (Å²) in [6, 6.07) is 2.59. The van der Waals surface area contributed by atoms with Gasteiger partial charge < -0.3 is 20.0 Å². The zero-order chi connectivity index (χ0) is 13.3. The minimum absolute atomic E-state index is 0.193. The SMILES string of the molecule is COc1cc(C(N)CC(=O)O)cc2sc(=O)oc12. The summed E-state index contributed by atoms with van der Waals surface area (Å²) < 4.78 is 10.7. The molecule has 2 rings (SSSR count). The molecule has 0 saturated heterocycles. The molecular weight excluding hydrogens is 258 g/mol. The van der Waals surface area contributed by atoms with E-state index in [1.165, 1.54) is 7.11 Å². The topological polar surface area (TPSA) is 103 Å². The molecule has 0 aliphatic rings. The van der Waals surface area contributed by atoms with E-state index in [-0.39, 0.29) is 6.42 Å². The Morgan fingerprint density at radius 3 is 2.94 bits per heavy atom. The summed E-state index contributed by atoms with van der Waals surface area (Å²) in [7, 11) is 1.44. The van der Waals surface area contributed by atoms with E-state index in [2.05, 4.69) is 0 Å². The highest BCUT2D eigenvalue weighted by Crippen LogP contribution is 2.31. The van der Waals surface area contributed by atoms with Crippen molar-refractivity contribution in [2.24, 2.45) is 5.73 Å². The molecule has 18 heavy (non-hydrogen) atoms. The summed E-state index contributed by atoms with van der Waals surface area (Å²) in [6.45, 7) is 0. The van der Waals surface area contributed by atoms with Gasteiger partial charge in [0.15, 0.2) is 11.3 Å². The van der Waals surface area contributed by atoms with Gasteiger partial charge >= 0.3 is 10.9 Å². The monoisotopic (exact) mass is 269 g/mol. The van der Waals surface area contributed by atoms with Gasteiger partial charge in [0.25, 0.3) is 0 Å². The predicted octanol–water partition coefficient (Wildman–Crippen LogP) is 1.34. The largest absolute Gasteiger partial charge is 0.493 e. The quantitative estimate of drug-likeness (QED) is 0.868. The fourth-order valence-electron chi connectivity index (χ4n) is 1.64. The van der Waals surface area contributed by atoms with Gasteiger partial charge in [0.05, 0.1) is 18.2 Å². The number of benzene rings is 1. The number of rotatable bonds is 4. The normalized spacial score (nSPS) is 12.6. The molecule has 0 amide bonds. The van der Waals surface area contributed by atoms with E-state index in [0.29, 0.717) is 21.6 Å². The first-order valence-electron chi connectivity index (χ1n) is 5.10. The Morgan fingerprint density at radius 1 is 1.61 bits per heavy atom. The lowest BCUT2D eigenvalue weighted by Crippen LogP contribution is -2.14. The molecule has 96 valence electrons. The average molecular weight is 269 g/mol. The van der Waals surface area contributed by atoms with Gasteiger partial charge in [-0.1, -0.05) is 11.3 Å². The molecule has 1 heterocycles. The number of methoxy groups -OCH3 is 1. The van der Waals surface area contributed by atoms with Crippen molar-refractivity contribution in [3.8, 4) is 5.75 Å². The second-order valence-electron chi connectivity index (χ2n) is 3.71. The molecule has 0 spiro atoms. The molecule has 0 bridgehead atoms. The highest BCUT2D eigenvalue weighted by molar-refractivity contribution is 7.16. The van der Waals surface area contributed by atoms with Crippen LogP contribution in [0.25, 0.3) is 10.3 Å². The van der Waals surface area contributed by atoms with Crippen molar-refractivity contribution in [1.82, 2.24) is 0 Å². The van der Waals surface area contributed by atoms with Crippen LogP contribution in [0.15, 0.2) is 21.3 Å². The number of aliphatic carboxylic acids is 1. The van der Waals surface area contributed by atoms with Crippen molar-refractivity contribution in [3.63, 3.8) is 0 Å². The van der Waals surface area contributed by atoms with Crippen molar-refractivity contribution >= 4 is 27.6 Å². The maximum absolute atomic E-state index is 11.2. The number of carboxylic acids is 1. The van der Waals surface area contributed by atoms with Crippen molar-refractivity contribution in [1.29, 1.82) is 0 Å². The maximum atomic E-state index is 11.2. The Morgan fingerprint density at radius 2 is 2.33 bits per heavy atom. The molecule has 2 aromatic rings. The van der Waals surface area contributed by atoms with Crippen LogP contribution >= 0.6 is 11.3 Å². The van der Waals surface area contributed by atoms with E-state index in [9.17, 15) is 9.59 Å². The van der Waals surface area contributed by atoms with Gasteiger partial charge in [-0.2, -0.15) is 0 Å². The lowest BCUT2D eigenvalue weighted by atomic mass is 10.0. The average Bonchev–Trinajstić information content (AvgIpc) is 2.66. The number of nitrogens with two attached hydrogens (primary N) is 1. The van der Waals surface area contributed by atoms with Crippen LogP contribution in [0, 0.1) is 0 Å². The lowest BCUT2D eigenvalue weighted by Gasteiger charge is -2.10. The lowest BCUT2D eigenvalue weighted by molar-refractivity contribution is -0.137. The first-order valence-corrected chi connectivity index (χ1v) is 5.92. The van der Waals surface area contributed by atoms with Crippen LogP contribution in [0.5, 0.6) is 5.75 Å². The number of hydrogen-bond acceptors (Lipinski definition) is 6. The van der Waals surface area contributed by atoms with Crippen molar-refractivity contribution in [2.75, 3.05) is 7.11 Å². The van der Waals surface area contributed by atoms with E-state index in [1.54, 1.807) is 12.1 Å². The van der Waals surface area contributed by atoms with Gasteiger partial charge in [-0.05, 0) is 17.7 Å². The fourth-order valence-corrected chi connectivity index (χ4v) is 2.37. The highest BCUT2D eigenvalue weighted by Gasteiger charge is 2.16. The third kappa shape index (κ3) is 2.36. The molecule has 0 saturated carbocycles. The molecule has 1 atom stereocenters.